The molecule has 0 N–H and O–H groups in total. The fourth-order valence-electron chi connectivity index (χ4n) is 2.95. The molecule has 0 aliphatic carbocycles. The second-order valence-electron chi connectivity index (χ2n) is 8.68. The van der Waals surface area contributed by atoms with Gasteiger partial charge >= 0.3 is 0 Å². The summed E-state index contributed by atoms with van der Waals surface area (Å²) >= 11 is 1.61. The summed E-state index contributed by atoms with van der Waals surface area (Å²) in [5.41, 5.74) is 1.43. The molecule has 2 aromatic rings. The number of hydrogen-bond donors (Lipinski definition) is 0. The molecule has 0 saturated heterocycles. The van der Waals surface area contributed by atoms with Gasteiger partial charge < -0.3 is 9.80 Å². The minimum Gasteiger partial charge on any atom is -0.332 e. The van der Waals surface area contributed by atoms with Crippen LogP contribution in [0.5, 0.6) is 0 Å². The summed E-state index contributed by atoms with van der Waals surface area (Å²) in [5.74, 6) is -0.467. The van der Waals surface area contributed by atoms with Crippen LogP contribution in [0.2, 0.25) is 0 Å². The number of carbonyl (C=O) groups excluding carboxylic acids is 2. The van der Waals surface area contributed by atoms with Crippen molar-refractivity contribution in [2.75, 3.05) is 6.54 Å². The van der Waals surface area contributed by atoms with Crippen LogP contribution in [0.3, 0.4) is 0 Å². The predicted molar refractivity (Wildman–Crippen MR) is 116 cm³/mol. The molecule has 29 heavy (non-hydrogen) atoms. The molecular weight excluding hydrogens is 387 g/mol. The van der Waals surface area contributed by atoms with Crippen molar-refractivity contribution >= 4 is 23.2 Å². The first kappa shape index (κ1) is 23.1. The van der Waals surface area contributed by atoms with E-state index in [1.807, 2.05) is 53.0 Å². The number of carbonyl (C=O) groups is 2. The molecule has 4 nitrogen and oxygen atoms in total. The van der Waals surface area contributed by atoms with E-state index in [0.29, 0.717) is 13.1 Å². The summed E-state index contributed by atoms with van der Waals surface area (Å²) in [6.07, 6.45) is 0. The molecular formula is C23H31FN2O2S. The smallest absolute Gasteiger partial charge is 0.242 e. The zero-order valence-electron chi connectivity index (χ0n) is 18.2. The highest BCUT2D eigenvalue weighted by Gasteiger charge is 2.31. The molecule has 0 fully saturated rings. The number of halogens is 1. The van der Waals surface area contributed by atoms with Gasteiger partial charge in [0.1, 0.15) is 12.4 Å². The standard InChI is InChI=1S/C23H31FN2O2S/c1-16(2)26(22(28)23(4,5)6)15-21(27)25(14-20-17(3)11-12-29-20)13-18-7-9-19(24)10-8-18/h7-12,16H,13-15H2,1-6H3. The quantitative estimate of drug-likeness (QED) is 0.634. The van der Waals surface area contributed by atoms with Gasteiger partial charge in [-0.3, -0.25) is 9.59 Å². The van der Waals surface area contributed by atoms with Crippen LogP contribution in [0, 0.1) is 18.2 Å². The van der Waals surface area contributed by atoms with E-state index in [1.165, 1.54) is 12.1 Å². The number of amides is 2. The Balaban J connectivity index is 2.25. The van der Waals surface area contributed by atoms with Crippen molar-refractivity contribution in [1.82, 2.24) is 9.80 Å². The zero-order chi connectivity index (χ0) is 21.8. The Hall–Kier alpha value is -2.21. The van der Waals surface area contributed by atoms with Gasteiger partial charge in [-0.05, 0) is 55.5 Å². The maximum Gasteiger partial charge on any atom is 0.242 e. The van der Waals surface area contributed by atoms with Crippen molar-refractivity contribution in [3.05, 3.63) is 57.5 Å². The van der Waals surface area contributed by atoms with Crippen LogP contribution in [0.4, 0.5) is 4.39 Å². The maximum absolute atomic E-state index is 13.3. The molecule has 0 bridgehead atoms. The molecule has 0 spiro atoms. The van der Waals surface area contributed by atoms with Crippen LogP contribution in [-0.2, 0) is 22.7 Å². The van der Waals surface area contributed by atoms with Crippen LogP contribution < -0.4 is 0 Å². The van der Waals surface area contributed by atoms with Gasteiger partial charge in [-0.2, -0.15) is 0 Å². The van der Waals surface area contributed by atoms with E-state index in [1.54, 1.807) is 33.3 Å². The van der Waals surface area contributed by atoms with E-state index in [2.05, 4.69) is 0 Å². The lowest BCUT2D eigenvalue weighted by Crippen LogP contribution is -2.49. The zero-order valence-corrected chi connectivity index (χ0v) is 19.0. The summed E-state index contributed by atoms with van der Waals surface area (Å²) in [6.45, 7) is 12.3. The molecule has 2 amide bonds. The van der Waals surface area contributed by atoms with E-state index >= 15 is 0 Å². The van der Waals surface area contributed by atoms with Crippen molar-refractivity contribution in [2.45, 2.75) is 60.7 Å². The van der Waals surface area contributed by atoms with E-state index in [9.17, 15) is 14.0 Å². The van der Waals surface area contributed by atoms with Crippen molar-refractivity contribution < 1.29 is 14.0 Å². The molecule has 0 radical (unpaired) electrons. The molecule has 1 aromatic carbocycles. The second-order valence-corrected chi connectivity index (χ2v) is 9.68. The third-order valence-corrected chi connectivity index (χ3v) is 5.78. The highest BCUT2D eigenvalue weighted by molar-refractivity contribution is 7.10. The Morgan fingerprint density at radius 1 is 1.07 bits per heavy atom. The summed E-state index contributed by atoms with van der Waals surface area (Å²) in [4.78, 5) is 30.6. The van der Waals surface area contributed by atoms with Crippen LogP contribution in [0.15, 0.2) is 35.7 Å². The van der Waals surface area contributed by atoms with Crippen molar-refractivity contribution in [2.24, 2.45) is 5.41 Å². The van der Waals surface area contributed by atoms with Gasteiger partial charge in [0.2, 0.25) is 11.8 Å². The van der Waals surface area contributed by atoms with Crippen LogP contribution in [0.25, 0.3) is 0 Å². The van der Waals surface area contributed by atoms with Gasteiger partial charge in [-0.1, -0.05) is 32.9 Å². The molecule has 0 unspecified atom stereocenters. The lowest BCUT2D eigenvalue weighted by atomic mass is 9.94. The molecule has 0 aliphatic heterocycles. The van der Waals surface area contributed by atoms with E-state index < -0.39 is 5.41 Å². The fraction of sp³-hybridized carbons (Fsp3) is 0.478. The monoisotopic (exact) mass is 418 g/mol. The number of hydrogen-bond acceptors (Lipinski definition) is 3. The largest absolute Gasteiger partial charge is 0.332 e. The molecule has 0 atom stereocenters. The summed E-state index contributed by atoms with van der Waals surface area (Å²) in [6, 6.07) is 8.14. The SMILES string of the molecule is Cc1ccsc1CN(Cc1ccc(F)cc1)C(=O)CN(C(=O)C(C)(C)C)C(C)C. The van der Waals surface area contributed by atoms with E-state index in [4.69, 9.17) is 0 Å². The normalized spacial score (nSPS) is 11.6. The molecule has 2 rings (SSSR count). The minimum absolute atomic E-state index is 0.0272. The maximum atomic E-state index is 13.3. The number of aryl methyl sites for hydroxylation is 1. The Morgan fingerprint density at radius 2 is 1.69 bits per heavy atom. The number of benzene rings is 1. The summed E-state index contributed by atoms with van der Waals surface area (Å²) in [7, 11) is 0. The van der Waals surface area contributed by atoms with Crippen LogP contribution >= 0.6 is 11.3 Å². The molecule has 6 heteroatoms. The third-order valence-electron chi connectivity index (χ3n) is 4.77. The topological polar surface area (TPSA) is 40.6 Å². The van der Waals surface area contributed by atoms with Crippen molar-refractivity contribution in [1.29, 1.82) is 0 Å². The Labute approximate surface area is 177 Å². The van der Waals surface area contributed by atoms with Crippen LogP contribution in [-0.4, -0.2) is 34.2 Å². The molecule has 158 valence electrons. The molecule has 0 saturated carbocycles. The third kappa shape index (κ3) is 6.39. The predicted octanol–water partition coefficient (Wildman–Crippen LogP) is 5.01. The van der Waals surface area contributed by atoms with Gasteiger partial charge in [-0.25, -0.2) is 4.39 Å². The number of rotatable bonds is 7. The van der Waals surface area contributed by atoms with Crippen molar-refractivity contribution in [3.63, 3.8) is 0 Å². The van der Waals surface area contributed by atoms with Gasteiger partial charge in [0, 0.05) is 22.9 Å². The first-order chi connectivity index (χ1) is 13.5. The fourth-order valence-corrected chi connectivity index (χ4v) is 3.87. The van der Waals surface area contributed by atoms with E-state index in [0.717, 1.165) is 16.0 Å². The van der Waals surface area contributed by atoms with Gasteiger partial charge in [0.05, 0.1) is 6.54 Å². The molecule has 0 aliphatic rings. The average Bonchev–Trinajstić information content (AvgIpc) is 3.03. The Morgan fingerprint density at radius 3 is 2.17 bits per heavy atom. The van der Waals surface area contributed by atoms with Gasteiger partial charge in [-0.15, -0.1) is 11.3 Å². The summed E-state index contributed by atoms with van der Waals surface area (Å²) < 4.78 is 13.3. The van der Waals surface area contributed by atoms with Gasteiger partial charge in [0.15, 0.2) is 0 Å². The first-order valence-corrected chi connectivity index (χ1v) is 10.7. The van der Waals surface area contributed by atoms with Crippen LogP contribution in [0.1, 0.15) is 50.6 Å². The highest BCUT2D eigenvalue weighted by Crippen LogP contribution is 2.22. The first-order valence-electron chi connectivity index (χ1n) is 9.85. The van der Waals surface area contributed by atoms with Crippen molar-refractivity contribution in [3.8, 4) is 0 Å². The Kier molecular flexibility index (Phi) is 7.58. The molecule has 1 heterocycles. The number of thiophene rings is 1. The lowest BCUT2D eigenvalue weighted by molar-refractivity contribution is -0.147. The molecule has 1 aromatic heterocycles. The number of nitrogens with zero attached hydrogens (tertiary/aromatic N) is 2. The summed E-state index contributed by atoms with van der Waals surface area (Å²) in [5, 5.41) is 2.01. The van der Waals surface area contributed by atoms with E-state index in [-0.39, 0.29) is 30.2 Å². The highest BCUT2D eigenvalue weighted by atomic mass is 32.1. The lowest BCUT2D eigenvalue weighted by Gasteiger charge is -2.34. The van der Waals surface area contributed by atoms with Gasteiger partial charge in [0.25, 0.3) is 0 Å². The minimum atomic E-state index is -0.559. The Bertz CT molecular complexity index is 837. The second kappa shape index (κ2) is 9.53. The average molecular weight is 419 g/mol.